The highest BCUT2D eigenvalue weighted by Gasteiger charge is 2.27. The maximum absolute atomic E-state index is 2.35. The first-order valence-corrected chi connectivity index (χ1v) is 11.2. The first-order valence-electron chi connectivity index (χ1n) is 11.2. The highest BCUT2D eigenvalue weighted by molar-refractivity contribution is 5.42. The fourth-order valence-electron chi connectivity index (χ4n) is 4.22. The Kier molecular flexibility index (Phi) is 12.8. The van der Waals surface area contributed by atoms with E-state index in [1.807, 2.05) is 0 Å². The van der Waals surface area contributed by atoms with Gasteiger partial charge in [-0.05, 0) is 37.8 Å². The van der Waals surface area contributed by atoms with Gasteiger partial charge in [0.15, 0.2) is 0 Å². The number of para-hydroxylation sites is 1. The summed E-state index contributed by atoms with van der Waals surface area (Å²) in [4.78, 5) is 0. The van der Waals surface area contributed by atoms with Crippen LogP contribution in [0.25, 0.3) is 0 Å². The van der Waals surface area contributed by atoms with Gasteiger partial charge in [-0.25, -0.2) is 0 Å². The predicted molar refractivity (Wildman–Crippen MR) is 115 cm³/mol. The van der Waals surface area contributed by atoms with Gasteiger partial charge in [-0.1, -0.05) is 90.3 Å². The van der Waals surface area contributed by atoms with Crippen LogP contribution < -0.4 is 4.48 Å². The van der Waals surface area contributed by atoms with Crippen molar-refractivity contribution >= 4 is 5.69 Å². The van der Waals surface area contributed by atoms with Crippen molar-refractivity contribution < 1.29 is 0 Å². The van der Waals surface area contributed by atoms with Crippen LogP contribution in [0.4, 0.5) is 5.69 Å². The number of quaternary nitrogens is 1. The predicted octanol–water partition coefficient (Wildman–Crippen LogP) is 7.73. The van der Waals surface area contributed by atoms with Crippen LogP contribution in [0.5, 0.6) is 0 Å². The van der Waals surface area contributed by atoms with Crippen molar-refractivity contribution in [1.82, 2.24) is 4.48 Å². The Balaban J connectivity index is 2.34. The van der Waals surface area contributed by atoms with E-state index < -0.39 is 0 Å². The second kappa shape index (κ2) is 14.4. The third-order valence-electron chi connectivity index (χ3n) is 5.55. The molecule has 0 aliphatic heterocycles. The average molecular weight is 347 g/mol. The van der Waals surface area contributed by atoms with Crippen LogP contribution in [-0.2, 0) is 0 Å². The molecule has 0 spiro atoms. The van der Waals surface area contributed by atoms with Crippen molar-refractivity contribution in [2.75, 3.05) is 19.6 Å². The smallest absolute Gasteiger partial charge is 0.132 e. The second-order valence-corrected chi connectivity index (χ2v) is 7.83. The zero-order valence-electron chi connectivity index (χ0n) is 17.4. The Morgan fingerprint density at radius 1 is 0.520 bits per heavy atom. The maximum Gasteiger partial charge on any atom is 0.132 e. The summed E-state index contributed by atoms with van der Waals surface area (Å²) in [5.41, 5.74) is 1.53. The van der Waals surface area contributed by atoms with Crippen LogP contribution in [0.2, 0.25) is 0 Å². The Labute approximate surface area is 158 Å². The molecule has 0 fully saturated rings. The van der Waals surface area contributed by atoms with Crippen LogP contribution in [-0.4, -0.2) is 19.6 Å². The summed E-state index contributed by atoms with van der Waals surface area (Å²) in [5.74, 6) is 0. The molecular weight excluding hydrogens is 302 g/mol. The molecule has 0 saturated carbocycles. The molecule has 0 aliphatic rings. The van der Waals surface area contributed by atoms with E-state index >= 15 is 0 Å². The van der Waals surface area contributed by atoms with E-state index in [1.165, 1.54) is 107 Å². The number of hydrogen-bond acceptors (Lipinski definition) is 0. The minimum atomic E-state index is 1.20. The molecule has 1 heteroatoms. The Bertz CT molecular complexity index is 392. The largest absolute Gasteiger partial charge is 0.291 e. The molecule has 1 nitrogen and oxygen atoms in total. The summed E-state index contributed by atoms with van der Waals surface area (Å²) in [5, 5.41) is 0. The molecule has 0 amide bonds. The average Bonchev–Trinajstić information content (AvgIpc) is 2.64. The van der Waals surface area contributed by atoms with E-state index in [1.54, 1.807) is 0 Å². The minimum Gasteiger partial charge on any atom is -0.291 e. The van der Waals surface area contributed by atoms with Crippen LogP contribution in [0.15, 0.2) is 30.3 Å². The molecule has 0 aromatic heterocycles. The fourth-order valence-corrected chi connectivity index (χ4v) is 4.22. The summed E-state index contributed by atoms with van der Waals surface area (Å²) in [6.07, 6.45) is 16.8. The third kappa shape index (κ3) is 8.90. The minimum absolute atomic E-state index is 1.20. The molecule has 0 saturated heterocycles. The number of rotatable bonds is 16. The number of benzene rings is 1. The quantitative estimate of drug-likeness (QED) is 0.212. The van der Waals surface area contributed by atoms with E-state index in [9.17, 15) is 0 Å². The summed E-state index contributed by atoms with van der Waals surface area (Å²) in [6, 6.07) is 11.3. The van der Waals surface area contributed by atoms with Crippen molar-refractivity contribution in [3.05, 3.63) is 30.3 Å². The lowest BCUT2D eigenvalue weighted by molar-refractivity contribution is 0.265. The lowest BCUT2D eigenvalue weighted by Gasteiger charge is -2.38. The first kappa shape index (κ1) is 22.2. The molecular formula is C24H44N+. The molecule has 0 radical (unpaired) electrons. The summed E-state index contributed by atoms with van der Waals surface area (Å²) >= 11 is 0. The van der Waals surface area contributed by atoms with Gasteiger partial charge in [0.25, 0.3) is 0 Å². The Morgan fingerprint density at radius 2 is 1.00 bits per heavy atom. The van der Waals surface area contributed by atoms with Crippen LogP contribution >= 0.6 is 0 Å². The van der Waals surface area contributed by atoms with E-state index in [0.29, 0.717) is 0 Å². The van der Waals surface area contributed by atoms with Gasteiger partial charge in [-0.15, -0.1) is 0 Å². The van der Waals surface area contributed by atoms with E-state index in [-0.39, 0.29) is 0 Å². The SMILES string of the molecule is CCCCCCCCCCCC[N+](CCC)(CCC)c1ccccc1. The van der Waals surface area contributed by atoms with Gasteiger partial charge in [0, 0.05) is 0 Å². The van der Waals surface area contributed by atoms with Crippen molar-refractivity contribution in [2.24, 2.45) is 0 Å². The van der Waals surface area contributed by atoms with Gasteiger partial charge in [-0.2, -0.15) is 0 Å². The van der Waals surface area contributed by atoms with Crippen molar-refractivity contribution in [3.8, 4) is 0 Å². The summed E-state index contributed by atoms with van der Waals surface area (Å²) < 4.78 is 1.20. The molecule has 0 heterocycles. The lowest BCUT2D eigenvalue weighted by Crippen LogP contribution is -2.51. The summed E-state index contributed by atoms with van der Waals surface area (Å²) in [6.45, 7) is 10.9. The highest BCUT2D eigenvalue weighted by Crippen LogP contribution is 2.25. The topological polar surface area (TPSA) is 0 Å². The number of hydrogen-bond donors (Lipinski definition) is 0. The van der Waals surface area contributed by atoms with Gasteiger partial charge in [-0.3, -0.25) is 4.48 Å². The van der Waals surface area contributed by atoms with Gasteiger partial charge in [0.05, 0.1) is 19.6 Å². The molecule has 0 aliphatic carbocycles. The molecule has 25 heavy (non-hydrogen) atoms. The van der Waals surface area contributed by atoms with E-state index in [2.05, 4.69) is 51.1 Å². The fraction of sp³-hybridized carbons (Fsp3) is 0.750. The standard InChI is InChI=1S/C24H44N/c1-4-7-8-9-10-11-12-13-14-18-23-25(21-5-2,22-6-3)24-19-16-15-17-20-24/h15-17,19-20H,4-14,18,21-23H2,1-3H3/q+1. The van der Waals surface area contributed by atoms with E-state index in [0.717, 1.165) is 0 Å². The lowest BCUT2D eigenvalue weighted by atomic mass is 10.1. The van der Waals surface area contributed by atoms with Crippen LogP contribution in [0.1, 0.15) is 97.8 Å². The Hall–Kier alpha value is -0.820. The molecule has 144 valence electrons. The van der Waals surface area contributed by atoms with Gasteiger partial charge in [0.1, 0.15) is 5.69 Å². The molecule has 0 bridgehead atoms. The van der Waals surface area contributed by atoms with Gasteiger partial charge >= 0.3 is 0 Å². The molecule has 1 aromatic carbocycles. The zero-order valence-corrected chi connectivity index (χ0v) is 17.4. The van der Waals surface area contributed by atoms with Crippen LogP contribution in [0, 0.1) is 0 Å². The monoisotopic (exact) mass is 346 g/mol. The first-order chi connectivity index (χ1) is 12.3. The molecule has 0 atom stereocenters. The maximum atomic E-state index is 2.35. The van der Waals surface area contributed by atoms with E-state index in [4.69, 9.17) is 0 Å². The molecule has 1 aromatic rings. The number of nitrogens with zero attached hydrogens (tertiary/aromatic N) is 1. The second-order valence-electron chi connectivity index (χ2n) is 7.83. The molecule has 0 N–H and O–H groups in total. The number of unbranched alkanes of at least 4 members (excludes halogenated alkanes) is 9. The molecule has 0 unspecified atom stereocenters. The van der Waals surface area contributed by atoms with Crippen molar-refractivity contribution in [2.45, 2.75) is 97.8 Å². The van der Waals surface area contributed by atoms with Gasteiger partial charge in [0.2, 0.25) is 0 Å². The van der Waals surface area contributed by atoms with Gasteiger partial charge < -0.3 is 0 Å². The third-order valence-corrected chi connectivity index (χ3v) is 5.55. The van der Waals surface area contributed by atoms with Crippen LogP contribution in [0.3, 0.4) is 0 Å². The summed E-state index contributed by atoms with van der Waals surface area (Å²) in [7, 11) is 0. The Morgan fingerprint density at radius 3 is 1.48 bits per heavy atom. The zero-order chi connectivity index (χ0) is 18.2. The normalized spacial score (nSPS) is 11.8. The molecule has 1 rings (SSSR count). The van der Waals surface area contributed by atoms with Crippen molar-refractivity contribution in [1.29, 1.82) is 0 Å². The highest BCUT2D eigenvalue weighted by atomic mass is 15.4. The van der Waals surface area contributed by atoms with Crippen molar-refractivity contribution in [3.63, 3.8) is 0 Å².